The minimum atomic E-state index is 0.00253. The molecule has 1 atom stereocenters. The van der Waals surface area contributed by atoms with Crippen molar-refractivity contribution in [1.82, 2.24) is 15.1 Å². The van der Waals surface area contributed by atoms with E-state index in [1.54, 1.807) is 29.7 Å². The van der Waals surface area contributed by atoms with E-state index in [-0.39, 0.29) is 12.0 Å². The molecule has 0 aromatic carbocycles. The number of piperidine rings is 1. The molecule has 0 aliphatic carbocycles. The first-order valence-electron chi connectivity index (χ1n) is 7.06. The van der Waals surface area contributed by atoms with Gasteiger partial charge in [0.05, 0.1) is 13.0 Å². The lowest BCUT2D eigenvalue weighted by Crippen LogP contribution is -2.45. The van der Waals surface area contributed by atoms with Gasteiger partial charge in [-0.25, -0.2) is 0 Å². The summed E-state index contributed by atoms with van der Waals surface area (Å²) in [6, 6.07) is 7.56. The van der Waals surface area contributed by atoms with Crippen LogP contribution in [0.5, 0.6) is 5.88 Å². The van der Waals surface area contributed by atoms with E-state index in [9.17, 15) is 4.79 Å². The Morgan fingerprint density at radius 1 is 1.43 bits per heavy atom. The summed E-state index contributed by atoms with van der Waals surface area (Å²) in [6.45, 7) is 1.44. The molecule has 1 amide bonds. The first-order valence-corrected chi connectivity index (χ1v) is 7.94. The molecule has 0 N–H and O–H groups in total. The molecule has 0 radical (unpaired) electrons. The van der Waals surface area contributed by atoms with Crippen LogP contribution in [0.3, 0.4) is 0 Å². The highest BCUT2D eigenvalue weighted by Gasteiger charge is 2.25. The fraction of sp³-hybridized carbons (Fsp3) is 0.400. The number of carbonyl (C=O) groups excluding carboxylic acids is 1. The number of rotatable bonds is 4. The van der Waals surface area contributed by atoms with Crippen molar-refractivity contribution in [2.24, 2.45) is 0 Å². The Morgan fingerprint density at radius 3 is 3.14 bits per heavy atom. The molecule has 5 nitrogen and oxygen atoms in total. The summed E-state index contributed by atoms with van der Waals surface area (Å²) in [5, 5.41) is 9.73. The standard InChI is InChI=1S/C15H17N3O2S/c19-15(10-13-5-3-9-21-13)18-8-2-4-12(11-18)20-14-6-1-7-16-17-14/h1,3,5-7,9,12H,2,4,8,10-11H2/t12-/m0/s1. The highest BCUT2D eigenvalue weighted by Crippen LogP contribution is 2.18. The van der Waals surface area contributed by atoms with Crippen molar-refractivity contribution < 1.29 is 9.53 Å². The van der Waals surface area contributed by atoms with Gasteiger partial charge >= 0.3 is 0 Å². The Labute approximate surface area is 127 Å². The van der Waals surface area contributed by atoms with Crippen LogP contribution in [0.15, 0.2) is 35.8 Å². The lowest BCUT2D eigenvalue weighted by molar-refractivity contribution is -0.133. The Balaban J connectivity index is 1.56. The van der Waals surface area contributed by atoms with Gasteiger partial charge in [-0.2, -0.15) is 5.10 Å². The molecule has 21 heavy (non-hydrogen) atoms. The minimum Gasteiger partial charge on any atom is -0.471 e. The average Bonchev–Trinajstić information content (AvgIpc) is 3.01. The summed E-state index contributed by atoms with van der Waals surface area (Å²) < 4.78 is 5.81. The van der Waals surface area contributed by atoms with Crippen LogP contribution in [0.25, 0.3) is 0 Å². The van der Waals surface area contributed by atoms with Gasteiger partial charge in [0.1, 0.15) is 6.10 Å². The number of hydrogen-bond donors (Lipinski definition) is 0. The van der Waals surface area contributed by atoms with Gasteiger partial charge in [-0.1, -0.05) is 6.07 Å². The molecule has 2 aromatic rings. The first kappa shape index (κ1) is 14.0. The summed E-state index contributed by atoms with van der Waals surface area (Å²) in [5.74, 6) is 0.694. The molecule has 1 saturated heterocycles. The molecule has 110 valence electrons. The van der Waals surface area contributed by atoms with E-state index in [0.29, 0.717) is 18.8 Å². The van der Waals surface area contributed by atoms with Gasteiger partial charge in [-0.05, 0) is 30.4 Å². The summed E-state index contributed by atoms with van der Waals surface area (Å²) >= 11 is 1.62. The van der Waals surface area contributed by atoms with Gasteiger partial charge < -0.3 is 9.64 Å². The lowest BCUT2D eigenvalue weighted by atomic mass is 10.1. The summed E-state index contributed by atoms with van der Waals surface area (Å²) in [7, 11) is 0. The summed E-state index contributed by atoms with van der Waals surface area (Å²) in [6.07, 6.45) is 4.00. The van der Waals surface area contributed by atoms with Gasteiger partial charge in [0, 0.05) is 23.7 Å². The maximum Gasteiger partial charge on any atom is 0.233 e. The first-order chi connectivity index (χ1) is 10.3. The molecular weight excluding hydrogens is 286 g/mol. The Morgan fingerprint density at radius 2 is 2.38 bits per heavy atom. The van der Waals surface area contributed by atoms with E-state index in [2.05, 4.69) is 10.2 Å². The fourth-order valence-corrected chi connectivity index (χ4v) is 3.15. The number of ether oxygens (including phenoxy) is 1. The number of amides is 1. The average molecular weight is 303 g/mol. The van der Waals surface area contributed by atoms with Crippen LogP contribution in [0.4, 0.5) is 0 Å². The van der Waals surface area contributed by atoms with Crippen LogP contribution in [0.1, 0.15) is 17.7 Å². The third-order valence-corrected chi connectivity index (χ3v) is 4.35. The minimum absolute atomic E-state index is 0.00253. The Bertz CT molecular complexity index is 574. The van der Waals surface area contributed by atoms with Gasteiger partial charge in [-0.3, -0.25) is 4.79 Å². The monoisotopic (exact) mass is 303 g/mol. The van der Waals surface area contributed by atoms with E-state index in [1.165, 1.54) is 0 Å². The van der Waals surface area contributed by atoms with Crippen molar-refractivity contribution in [2.45, 2.75) is 25.4 Å². The normalized spacial score (nSPS) is 18.5. The lowest BCUT2D eigenvalue weighted by Gasteiger charge is -2.32. The molecular formula is C15H17N3O2S. The number of hydrogen-bond acceptors (Lipinski definition) is 5. The van der Waals surface area contributed by atoms with Crippen molar-refractivity contribution in [1.29, 1.82) is 0 Å². The number of nitrogens with zero attached hydrogens (tertiary/aromatic N) is 3. The zero-order chi connectivity index (χ0) is 14.5. The van der Waals surface area contributed by atoms with E-state index in [0.717, 1.165) is 24.3 Å². The predicted molar refractivity (Wildman–Crippen MR) is 80.3 cm³/mol. The van der Waals surface area contributed by atoms with Crippen molar-refractivity contribution in [3.8, 4) is 5.88 Å². The molecule has 2 aromatic heterocycles. The molecule has 1 fully saturated rings. The second kappa shape index (κ2) is 6.67. The summed E-state index contributed by atoms with van der Waals surface area (Å²) in [4.78, 5) is 15.3. The van der Waals surface area contributed by atoms with Crippen LogP contribution in [0, 0.1) is 0 Å². The largest absolute Gasteiger partial charge is 0.471 e. The topological polar surface area (TPSA) is 55.3 Å². The van der Waals surface area contributed by atoms with Crippen molar-refractivity contribution in [3.05, 3.63) is 40.7 Å². The Hall–Kier alpha value is -1.95. The molecule has 6 heteroatoms. The van der Waals surface area contributed by atoms with E-state index in [4.69, 9.17) is 4.74 Å². The van der Waals surface area contributed by atoms with Crippen LogP contribution in [-0.2, 0) is 11.2 Å². The molecule has 1 aliphatic heterocycles. The van der Waals surface area contributed by atoms with Gasteiger partial charge in [0.2, 0.25) is 11.8 Å². The molecule has 0 bridgehead atoms. The van der Waals surface area contributed by atoms with Crippen LogP contribution in [0.2, 0.25) is 0 Å². The van der Waals surface area contributed by atoms with Crippen LogP contribution in [-0.4, -0.2) is 40.2 Å². The second-order valence-corrected chi connectivity index (χ2v) is 6.07. The van der Waals surface area contributed by atoms with E-state index >= 15 is 0 Å². The summed E-state index contributed by atoms with van der Waals surface area (Å²) in [5.41, 5.74) is 0. The van der Waals surface area contributed by atoms with Crippen molar-refractivity contribution in [3.63, 3.8) is 0 Å². The second-order valence-electron chi connectivity index (χ2n) is 5.04. The number of likely N-dealkylation sites (tertiary alicyclic amines) is 1. The third kappa shape index (κ3) is 3.78. The molecule has 3 rings (SSSR count). The quantitative estimate of drug-likeness (QED) is 0.868. The van der Waals surface area contributed by atoms with Gasteiger partial charge in [0.15, 0.2) is 0 Å². The third-order valence-electron chi connectivity index (χ3n) is 3.47. The molecule has 0 saturated carbocycles. The SMILES string of the molecule is O=C(Cc1cccs1)N1CCC[C@H](Oc2cccnn2)C1. The van der Waals surface area contributed by atoms with Crippen LogP contribution >= 0.6 is 11.3 Å². The highest BCUT2D eigenvalue weighted by atomic mass is 32.1. The van der Waals surface area contributed by atoms with Crippen molar-refractivity contribution >= 4 is 17.2 Å². The van der Waals surface area contributed by atoms with E-state index in [1.807, 2.05) is 22.4 Å². The zero-order valence-electron chi connectivity index (χ0n) is 11.6. The number of thiophene rings is 1. The fourth-order valence-electron chi connectivity index (χ4n) is 2.46. The molecule has 1 aliphatic rings. The van der Waals surface area contributed by atoms with Crippen molar-refractivity contribution in [2.75, 3.05) is 13.1 Å². The zero-order valence-corrected chi connectivity index (χ0v) is 12.5. The Kier molecular flexibility index (Phi) is 4.45. The predicted octanol–water partition coefficient (Wildman–Crippen LogP) is 2.15. The smallest absolute Gasteiger partial charge is 0.233 e. The molecule has 3 heterocycles. The molecule has 0 unspecified atom stereocenters. The number of aromatic nitrogens is 2. The van der Waals surface area contributed by atoms with Gasteiger partial charge in [-0.15, -0.1) is 16.4 Å². The van der Waals surface area contributed by atoms with E-state index < -0.39 is 0 Å². The molecule has 0 spiro atoms. The highest BCUT2D eigenvalue weighted by molar-refractivity contribution is 7.10. The van der Waals surface area contributed by atoms with Crippen LogP contribution < -0.4 is 4.74 Å². The number of carbonyl (C=O) groups is 1. The van der Waals surface area contributed by atoms with Gasteiger partial charge in [0.25, 0.3) is 0 Å². The maximum absolute atomic E-state index is 12.3. The maximum atomic E-state index is 12.3.